The number of imide groups is 1. The molecule has 0 bridgehead atoms. The average Bonchev–Trinajstić information content (AvgIpc) is 3.79. The van der Waals surface area contributed by atoms with Crippen LogP contribution in [0.1, 0.15) is 44.5 Å². The third-order valence-electron chi connectivity index (χ3n) is 9.71. The van der Waals surface area contributed by atoms with E-state index in [9.17, 15) is 66.4 Å². The van der Waals surface area contributed by atoms with Gasteiger partial charge in [0.1, 0.15) is 36.9 Å². The van der Waals surface area contributed by atoms with Crippen molar-refractivity contribution in [3.63, 3.8) is 0 Å². The monoisotopic (exact) mass is 935 g/mol. The Balaban J connectivity index is 0.00000152. The summed E-state index contributed by atoms with van der Waals surface area (Å²) in [6.45, 7) is 4.45. The number of aliphatic hydroxyl groups excluding tert-OH is 3. The second-order valence-electron chi connectivity index (χ2n) is 15.8. The molecule has 358 valence electrons. The molecule has 2 heterocycles. The van der Waals surface area contributed by atoms with Gasteiger partial charge in [0.15, 0.2) is 5.76 Å². The molecule has 4 rings (SSSR count). The van der Waals surface area contributed by atoms with E-state index in [4.69, 9.17) is 10.8 Å². The standard InChI is InChI=1S/C40H47F2N7O10.C3H3F3O/c1-40(2,3)36(31-15-24(26-16-25(41)9-10-27(26)42)19-47(31)18-23-7-5-4-6-8-23)48(35(55)22-51)14-13-28(43)37(56)46-29(39(58)59)17-44-38(57)30(21-50)45-32(52)20-49-33(53)11-12-34(49)54;1-2(7)3(4,5)6/h4-12,15-16,19,28-30,36,50-51H,13-14,17-18,20-22,43H2,1-3H3,(H,44,57)(H,45,52)(H,46,56)(H,58,59);7H,1H2/t28-,29+,30?,36?;/m0./s1. The van der Waals surface area contributed by atoms with Crippen molar-refractivity contribution in [2.24, 2.45) is 11.1 Å². The number of amides is 6. The maximum Gasteiger partial charge on any atom is 0.448 e. The van der Waals surface area contributed by atoms with E-state index in [0.717, 1.165) is 35.9 Å². The lowest BCUT2D eigenvalue weighted by atomic mass is 9.82. The molecule has 1 aromatic heterocycles. The van der Waals surface area contributed by atoms with Gasteiger partial charge in [0.25, 0.3) is 11.8 Å². The lowest BCUT2D eigenvalue weighted by Crippen LogP contribution is -2.56. The Morgan fingerprint density at radius 2 is 1.48 bits per heavy atom. The molecule has 0 saturated heterocycles. The zero-order chi connectivity index (χ0) is 49.7. The second-order valence-corrected chi connectivity index (χ2v) is 15.8. The molecule has 0 aliphatic carbocycles. The highest BCUT2D eigenvalue weighted by atomic mass is 19.4. The minimum atomic E-state index is -4.64. The minimum Gasteiger partial charge on any atom is -0.505 e. The van der Waals surface area contributed by atoms with E-state index >= 15 is 4.39 Å². The van der Waals surface area contributed by atoms with Crippen LogP contribution in [0.25, 0.3) is 11.1 Å². The Morgan fingerprint density at radius 1 is 0.879 bits per heavy atom. The van der Waals surface area contributed by atoms with Crippen LogP contribution in [-0.4, -0.2) is 133 Å². The molecule has 18 nitrogen and oxygen atoms in total. The number of benzene rings is 2. The number of hydrogen-bond donors (Lipinski definition) is 8. The summed E-state index contributed by atoms with van der Waals surface area (Å²) in [7, 11) is 0. The summed E-state index contributed by atoms with van der Waals surface area (Å²) in [6, 6.07) is 8.30. The van der Waals surface area contributed by atoms with Crippen molar-refractivity contribution in [3.05, 3.63) is 108 Å². The van der Waals surface area contributed by atoms with Crippen molar-refractivity contribution in [3.8, 4) is 11.1 Å². The molecular weight excluding hydrogens is 886 g/mol. The molecule has 66 heavy (non-hydrogen) atoms. The number of carboxylic acid groups (broad SMARTS) is 1. The zero-order valence-electron chi connectivity index (χ0n) is 35.8. The number of nitrogens with one attached hydrogen (secondary N) is 3. The maximum atomic E-state index is 15.1. The van der Waals surface area contributed by atoms with Crippen LogP contribution in [0.2, 0.25) is 0 Å². The predicted molar refractivity (Wildman–Crippen MR) is 224 cm³/mol. The van der Waals surface area contributed by atoms with Crippen LogP contribution in [0.5, 0.6) is 0 Å². The highest BCUT2D eigenvalue weighted by Crippen LogP contribution is 2.41. The number of carboxylic acids is 1. The number of nitrogens with zero attached hydrogens (tertiary/aromatic N) is 3. The number of aliphatic carboxylic acids is 1. The molecule has 0 spiro atoms. The molecule has 23 heteroatoms. The number of hydrogen-bond acceptors (Lipinski definition) is 11. The summed E-state index contributed by atoms with van der Waals surface area (Å²) in [4.78, 5) is 89.2. The number of carbonyl (C=O) groups excluding carboxylic acids is 6. The van der Waals surface area contributed by atoms with Gasteiger partial charge in [-0.3, -0.25) is 33.7 Å². The number of alkyl halides is 3. The maximum absolute atomic E-state index is 15.1. The highest BCUT2D eigenvalue weighted by molar-refractivity contribution is 6.14. The fraction of sp³-hybridized carbons (Fsp3) is 0.372. The molecule has 0 radical (unpaired) electrons. The van der Waals surface area contributed by atoms with E-state index in [2.05, 4.69) is 22.5 Å². The van der Waals surface area contributed by atoms with Crippen LogP contribution in [0.15, 0.2) is 85.3 Å². The molecule has 9 N–H and O–H groups in total. The summed E-state index contributed by atoms with van der Waals surface area (Å²) in [6.07, 6.45) is -1.34. The van der Waals surface area contributed by atoms with Crippen LogP contribution in [0, 0.1) is 17.0 Å². The van der Waals surface area contributed by atoms with Gasteiger partial charge in [0.2, 0.25) is 23.6 Å². The second kappa shape index (κ2) is 23.3. The van der Waals surface area contributed by atoms with Gasteiger partial charge in [-0.15, -0.1) is 0 Å². The first-order valence-electron chi connectivity index (χ1n) is 19.8. The van der Waals surface area contributed by atoms with Gasteiger partial charge >= 0.3 is 12.1 Å². The van der Waals surface area contributed by atoms with Crippen LogP contribution in [0.4, 0.5) is 22.0 Å². The molecule has 2 unspecified atom stereocenters. The number of aliphatic hydroxyl groups is 3. The van der Waals surface area contributed by atoms with Crippen LogP contribution in [0.3, 0.4) is 0 Å². The third kappa shape index (κ3) is 15.1. The minimum absolute atomic E-state index is 0.0177. The van der Waals surface area contributed by atoms with Gasteiger partial charge < -0.3 is 51.6 Å². The number of allylic oxidation sites excluding steroid dienone is 1. The summed E-state index contributed by atoms with van der Waals surface area (Å²) in [5.74, 6) is -9.91. The summed E-state index contributed by atoms with van der Waals surface area (Å²) in [5.41, 5.74) is 7.08. The number of rotatable bonds is 19. The molecule has 3 aromatic rings. The summed E-state index contributed by atoms with van der Waals surface area (Å²) in [5, 5.41) is 43.7. The Hall–Kier alpha value is -6.98. The van der Waals surface area contributed by atoms with Gasteiger partial charge in [-0.1, -0.05) is 57.7 Å². The van der Waals surface area contributed by atoms with E-state index in [1.54, 1.807) is 16.8 Å². The predicted octanol–water partition coefficient (Wildman–Crippen LogP) is 1.82. The van der Waals surface area contributed by atoms with Gasteiger partial charge in [0.05, 0.1) is 18.7 Å². The topological polar surface area (TPSA) is 274 Å². The summed E-state index contributed by atoms with van der Waals surface area (Å²) >= 11 is 0. The number of halogens is 5. The Kier molecular flexibility index (Phi) is 18.8. The number of nitrogens with two attached hydrogens (primary N) is 1. The van der Waals surface area contributed by atoms with E-state index in [0.29, 0.717) is 16.2 Å². The van der Waals surface area contributed by atoms with Crippen LogP contribution >= 0.6 is 0 Å². The summed E-state index contributed by atoms with van der Waals surface area (Å²) < 4.78 is 63.7. The van der Waals surface area contributed by atoms with E-state index in [1.807, 2.05) is 51.1 Å². The third-order valence-corrected chi connectivity index (χ3v) is 9.71. The van der Waals surface area contributed by atoms with Crippen LogP contribution in [-0.2, 0) is 40.1 Å². The average molecular weight is 936 g/mol. The number of aromatic nitrogens is 1. The van der Waals surface area contributed by atoms with E-state index in [1.165, 1.54) is 4.90 Å². The van der Waals surface area contributed by atoms with Gasteiger partial charge in [-0.25, -0.2) is 13.6 Å². The van der Waals surface area contributed by atoms with Gasteiger partial charge in [-0.05, 0) is 41.7 Å². The van der Waals surface area contributed by atoms with Gasteiger partial charge in [0, 0.05) is 54.8 Å². The molecule has 1 aliphatic heterocycles. The first kappa shape index (κ1) is 53.4. The molecule has 0 fully saturated rings. The first-order chi connectivity index (χ1) is 30.8. The Labute approximate surface area is 374 Å². The van der Waals surface area contributed by atoms with Crippen molar-refractivity contribution >= 4 is 41.4 Å². The largest absolute Gasteiger partial charge is 0.505 e. The lowest BCUT2D eigenvalue weighted by Gasteiger charge is -2.41. The quantitative estimate of drug-likeness (QED) is 0.0486. The molecule has 4 atom stereocenters. The normalized spacial score (nSPS) is 14.3. The van der Waals surface area contributed by atoms with Crippen molar-refractivity contribution in [2.45, 2.75) is 64.1 Å². The molecule has 0 saturated carbocycles. The Morgan fingerprint density at radius 3 is 2.02 bits per heavy atom. The lowest BCUT2D eigenvalue weighted by molar-refractivity contribution is -0.142. The molecular formula is C43H50F5N7O11. The SMILES string of the molecule is C=C(O)C(F)(F)F.CC(C)(C)C(c1cc(-c2cc(F)ccc2F)cn1Cc1ccccc1)N(CC[C@H](N)C(=O)N[C@H](CNC(=O)C(CO)NC(=O)CN1C(=O)C=CC1=O)C(=O)O)C(=O)CO. The highest BCUT2D eigenvalue weighted by Gasteiger charge is 2.38. The van der Waals surface area contributed by atoms with E-state index in [-0.39, 0.29) is 25.1 Å². The molecule has 6 amide bonds. The van der Waals surface area contributed by atoms with Crippen molar-refractivity contribution < 1.29 is 75.9 Å². The fourth-order valence-corrected chi connectivity index (χ4v) is 6.48. The van der Waals surface area contributed by atoms with E-state index < -0.39 is 121 Å². The fourth-order valence-electron chi connectivity index (χ4n) is 6.48. The van der Waals surface area contributed by atoms with Gasteiger partial charge in [-0.2, -0.15) is 13.2 Å². The van der Waals surface area contributed by atoms with Crippen molar-refractivity contribution in [1.82, 2.24) is 30.3 Å². The first-order valence-corrected chi connectivity index (χ1v) is 19.8. The molecule has 2 aromatic carbocycles. The van der Waals surface area contributed by atoms with Crippen molar-refractivity contribution in [1.29, 1.82) is 0 Å². The smallest absolute Gasteiger partial charge is 0.448 e. The Bertz CT molecular complexity index is 2280. The zero-order valence-corrected chi connectivity index (χ0v) is 35.8. The number of carbonyl (C=O) groups is 7. The van der Waals surface area contributed by atoms with Crippen LogP contribution < -0.4 is 21.7 Å². The van der Waals surface area contributed by atoms with Crippen molar-refractivity contribution in [2.75, 3.05) is 32.8 Å². The molecule has 1 aliphatic rings.